The molecule has 2 aromatic carbocycles. The molecular formula is C27H32O9. The molecule has 0 fully saturated rings. The number of carbonyl (C=O) groups is 1. The Bertz CT molecular complexity index is 1230. The largest absolute Gasteiger partial charge is 0.504 e. The van der Waals surface area contributed by atoms with Gasteiger partial charge >= 0.3 is 5.97 Å². The normalized spacial score (nSPS) is 22.6. The van der Waals surface area contributed by atoms with Gasteiger partial charge in [0.15, 0.2) is 29.1 Å². The van der Waals surface area contributed by atoms with E-state index in [9.17, 15) is 15.0 Å². The number of esters is 1. The summed E-state index contributed by atoms with van der Waals surface area (Å²) < 4.78 is 34.1. The van der Waals surface area contributed by atoms with Crippen LogP contribution in [0.3, 0.4) is 0 Å². The first-order valence-corrected chi connectivity index (χ1v) is 11.6. The maximum Gasteiger partial charge on any atom is 0.334 e. The topological polar surface area (TPSA) is 113 Å². The summed E-state index contributed by atoms with van der Waals surface area (Å²) in [5, 5.41) is 23.3. The van der Waals surface area contributed by atoms with Crippen molar-refractivity contribution in [2.24, 2.45) is 5.92 Å². The molecule has 0 amide bonds. The molecule has 1 heterocycles. The Labute approximate surface area is 210 Å². The third-order valence-corrected chi connectivity index (χ3v) is 7.15. The number of phenols is 1. The number of ether oxygens (including phenoxy) is 6. The van der Waals surface area contributed by atoms with E-state index < -0.39 is 23.6 Å². The second-order valence-electron chi connectivity index (χ2n) is 9.19. The molecule has 0 spiro atoms. The van der Waals surface area contributed by atoms with Crippen LogP contribution in [0.15, 0.2) is 23.8 Å². The molecule has 36 heavy (non-hydrogen) atoms. The summed E-state index contributed by atoms with van der Waals surface area (Å²) in [7, 11) is 4.41. The number of rotatable bonds is 5. The molecular weight excluding hydrogens is 468 g/mol. The van der Waals surface area contributed by atoms with Gasteiger partial charge in [0.25, 0.3) is 0 Å². The standard InChI is InChI=1S/C27H32O9/c1-8-13(2)26(29)36-25-16-11-17(31-5)23(32-6)24(33-7)20(16)19-15(9-14(3)27(25,4)30)10-18-22(21(19)28)35-12-34-18/h8,10-11,14,25,28,30H,9,12H2,1-7H3/b13-8+/t14-,25-,27+/m0/s1. The number of phenolic OH excluding ortho intramolecular Hbond substituents is 1. The van der Waals surface area contributed by atoms with E-state index in [0.29, 0.717) is 45.7 Å². The van der Waals surface area contributed by atoms with Crippen LogP contribution in [0.25, 0.3) is 11.1 Å². The Balaban J connectivity index is 2.14. The van der Waals surface area contributed by atoms with E-state index in [0.717, 1.165) is 0 Å². The molecule has 0 saturated heterocycles. The van der Waals surface area contributed by atoms with Crippen molar-refractivity contribution in [2.75, 3.05) is 28.1 Å². The van der Waals surface area contributed by atoms with Gasteiger partial charge in [-0.2, -0.15) is 0 Å². The molecule has 0 saturated carbocycles. The van der Waals surface area contributed by atoms with Crippen LogP contribution in [0.4, 0.5) is 0 Å². The van der Waals surface area contributed by atoms with E-state index in [1.807, 2.05) is 6.92 Å². The fourth-order valence-electron chi connectivity index (χ4n) is 4.77. The molecule has 2 N–H and O–H groups in total. The number of benzene rings is 2. The lowest BCUT2D eigenvalue weighted by atomic mass is 9.73. The summed E-state index contributed by atoms with van der Waals surface area (Å²) in [5.74, 6) is 0.317. The van der Waals surface area contributed by atoms with Gasteiger partial charge in [0.2, 0.25) is 18.3 Å². The van der Waals surface area contributed by atoms with Gasteiger partial charge in [0.1, 0.15) is 5.60 Å². The number of aliphatic hydroxyl groups is 1. The van der Waals surface area contributed by atoms with Crippen LogP contribution in [0.2, 0.25) is 0 Å². The average molecular weight is 501 g/mol. The molecule has 0 unspecified atom stereocenters. The monoisotopic (exact) mass is 500 g/mol. The molecule has 4 rings (SSSR count). The van der Waals surface area contributed by atoms with E-state index in [-0.39, 0.29) is 29.8 Å². The first-order valence-electron chi connectivity index (χ1n) is 11.6. The fourth-order valence-corrected chi connectivity index (χ4v) is 4.77. The van der Waals surface area contributed by atoms with Gasteiger partial charge in [0.05, 0.1) is 21.3 Å². The van der Waals surface area contributed by atoms with E-state index in [2.05, 4.69) is 0 Å². The Morgan fingerprint density at radius 2 is 1.81 bits per heavy atom. The number of fused-ring (bicyclic) bond motifs is 4. The lowest BCUT2D eigenvalue weighted by Gasteiger charge is -2.41. The van der Waals surface area contributed by atoms with E-state index in [1.165, 1.54) is 21.3 Å². The first kappa shape index (κ1) is 25.5. The van der Waals surface area contributed by atoms with Crippen molar-refractivity contribution in [1.29, 1.82) is 0 Å². The van der Waals surface area contributed by atoms with Crippen molar-refractivity contribution in [3.63, 3.8) is 0 Å². The second kappa shape index (κ2) is 9.46. The molecule has 0 bridgehead atoms. The van der Waals surface area contributed by atoms with Crippen molar-refractivity contribution < 1.29 is 43.4 Å². The number of allylic oxidation sites excluding steroid dienone is 1. The average Bonchev–Trinajstić information content (AvgIpc) is 3.34. The summed E-state index contributed by atoms with van der Waals surface area (Å²) in [6, 6.07) is 3.43. The summed E-state index contributed by atoms with van der Waals surface area (Å²) in [5.41, 5.74) is 0.759. The Kier molecular flexibility index (Phi) is 6.70. The van der Waals surface area contributed by atoms with Crippen LogP contribution in [0.5, 0.6) is 34.5 Å². The summed E-state index contributed by atoms with van der Waals surface area (Å²) in [6.45, 7) is 6.83. The predicted octanol–water partition coefficient (Wildman–Crippen LogP) is 4.31. The second-order valence-corrected chi connectivity index (χ2v) is 9.19. The molecule has 0 aromatic heterocycles. The quantitative estimate of drug-likeness (QED) is 0.458. The Morgan fingerprint density at radius 1 is 1.11 bits per heavy atom. The Morgan fingerprint density at radius 3 is 2.42 bits per heavy atom. The van der Waals surface area contributed by atoms with Gasteiger partial charge in [-0.1, -0.05) is 13.0 Å². The van der Waals surface area contributed by atoms with E-state index in [4.69, 9.17) is 28.4 Å². The van der Waals surface area contributed by atoms with Gasteiger partial charge < -0.3 is 38.6 Å². The minimum absolute atomic E-state index is 0.0299. The van der Waals surface area contributed by atoms with E-state index >= 15 is 0 Å². The predicted molar refractivity (Wildman–Crippen MR) is 131 cm³/mol. The number of carbonyl (C=O) groups excluding carboxylic acids is 1. The van der Waals surface area contributed by atoms with Gasteiger partial charge in [-0.25, -0.2) is 4.79 Å². The summed E-state index contributed by atoms with van der Waals surface area (Å²) in [4.78, 5) is 13.0. The van der Waals surface area contributed by atoms with Gasteiger partial charge in [0, 0.05) is 22.3 Å². The highest BCUT2D eigenvalue weighted by atomic mass is 16.7. The van der Waals surface area contributed by atoms with E-state index in [1.54, 1.807) is 39.0 Å². The van der Waals surface area contributed by atoms with Crippen LogP contribution in [0, 0.1) is 5.92 Å². The van der Waals surface area contributed by atoms with Crippen LogP contribution >= 0.6 is 0 Å². The number of aromatic hydroxyl groups is 1. The maximum atomic E-state index is 13.0. The summed E-state index contributed by atoms with van der Waals surface area (Å²) in [6.07, 6.45) is 0.832. The van der Waals surface area contributed by atoms with Crippen LogP contribution in [0.1, 0.15) is 44.9 Å². The minimum atomic E-state index is -1.52. The van der Waals surface area contributed by atoms with Crippen molar-refractivity contribution >= 4 is 5.97 Å². The highest BCUT2D eigenvalue weighted by molar-refractivity contribution is 5.90. The third kappa shape index (κ3) is 3.87. The van der Waals surface area contributed by atoms with Crippen LogP contribution < -0.4 is 23.7 Å². The van der Waals surface area contributed by atoms with Crippen molar-refractivity contribution in [3.8, 4) is 45.6 Å². The number of hydrogen-bond donors (Lipinski definition) is 2. The lowest BCUT2D eigenvalue weighted by Crippen LogP contribution is -2.44. The highest BCUT2D eigenvalue weighted by Gasteiger charge is 2.47. The van der Waals surface area contributed by atoms with Crippen LogP contribution in [-0.2, 0) is 16.0 Å². The van der Waals surface area contributed by atoms with Gasteiger partial charge in [-0.05, 0) is 50.8 Å². The third-order valence-electron chi connectivity index (χ3n) is 7.15. The SMILES string of the molecule is C/C=C(\C)C(=O)O[C@H]1c2cc(OC)c(OC)c(OC)c2-c2c(cc3c(c2O)OCO3)C[C@H](C)[C@@]1(C)O. The number of methoxy groups -OCH3 is 3. The molecule has 1 aliphatic heterocycles. The van der Waals surface area contributed by atoms with Crippen LogP contribution in [-0.4, -0.2) is 49.9 Å². The fraction of sp³-hybridized carbons (Fsp3) is 0.444. The zero-order valence-corrected chi connectivity index (χ0v) is 21.6. The van der Waals surface area contributed by atoms with Gasteiger partial charge in [-0.15, -0.1) is 0 Å². The maximum absolute atomic E-state index is 13.0. The highest BCUT2D eigenvalue weighted by Crippen LogP contribution is 2.58. The first-order chi connectivity index (χ1) is 17.1. The molecule has 9 nitrogen and oxygen atoms in total. The zero-order chi connectivity index (χ0) is 26.4. The molecule has 194 valence electrons. The molecule has 1 aliphatic carbocycles. The molecule has 2 aromatic rings. The molecule has 2 aliphatic rings. The Hall–Kier alpha value is -3.59. The van der Waals surface area contributed by atoms with Crippen molar-refractivity contribution in [1.82, 2.24) is 0 Å². The lowest BCUT2D eigenvalue weighted by molar-refractivity contribution is -0.166. The number of hydrogen-bond acceptors (Lipinski definition) is 9. The molecule has 0 radical (unpaired) electrons. The van der Waals surface area contributed by atoms with Gasteiger partial charge in [-0.3, -0.25) is 0 Å². The minimum Gasteiger partial charge on any atom is -0.504 e. The molecule has 3 atom stereocenters. The smallest absolute Gasteiger partial charge is 0.334 e. The zero-order valence-electron chi connectivity index (χ0n) is 21.6. The van der Waals surface area contributed by atoms with Crippen molar-refractivity contribution in [2.45, 2.75) is 45.8 Å². The summed E-state index contributed by atoms with van der Waals surface area (Å²) >= 11 is 0. The van der Waals surface area contributed by atoms with Crippen molar-refractivity contribution in [3.05, 3.63) is 34.9 Å². The molecule has 9 heteroatoms.